The summed E-state index contributed by atoms with van der Waals surface area (Å²) < 4.78 is 31.7. The number of aliphatic hydroxyl groups is 2. The third-order valence-corrected chi connectivity index (χ3v) is 9.04. The Labute approximate surface area is 222 Å². The van der Waals surface area contributed by atoms with Crippen LogP contribution in [-0.4, -0.2) is 65.2 Å². The zero-order valence-corrected chi connectivity index (χ0v) is 22.4. The van der Waals surface area contributed by atoms with Gasteiger partial charge in [-0.2, -0.15) is 0 Å². The molecule has 0 radical (unpaired) electrons. The molecule has 1 aromatic carbocycles. The van der Waals surface area contributed by atoms with Crippen molar-refractivity contribution in [3.8, 4) is 16.9 Å². The van der Waals surface area contributed by atoms with E-state index in [-0.39, 0.29) is 16.1 Å². The Morgan fingerprint density at radius 3 is 2.79 bits per heavy atom. The van der Waals surface area contributed by atoms with Gasteiger partial charge in [0.15, 0.2) is 9.84 Å². The predicted molar refractivity (Wildman–Crippen MR) is 144 cm³/mol. The Balaban J connectivity index is 1.48. The average Bonchev–Trinajstić information content (AvgIpc) is 3.09. The molecule has 202 valence electrons. The summed E-state index contributed by atoms with van der Waals surface area (Å²) in [5.74, 6) is 0.905. The second-order valence-electron chi connectivity index (χ2n) is 10.8. The molecule has 1 aliphatic heterocycles. The summed E-state index contributed by atoms with van der Waals surface area (Å²) in [6.45, 7) is 5.64. The highest BCUT2D eigenvalue weighted by atomic mass is 32.2. The molecular weight excluding hydrogens is 506 g/mol. The summed E-state index contributed by atoms with van der Waals surface area (Å²) in [6, 6.07) is 7.17. The zero-order chi connectivity index (χ0) is 27.1. The molecule has 11 heteroatoms. The van der Waals surface area contributed by atoms with E-state index in [0.717, 1.165) is 47.7 Å². The van der Waals surface area contributed by atoms with E-state index >= 15 is 0 Å². The largest absolute Gasteiger partial charge is 0.491 e. The van der Waals surface area contributed by atoms with Crippen LogP contribution >= 0.6 is 0 Å². The minimum Gasteiger partial charge on any atom is -0.491 e. The van der Waals surface area contributed by atoms with Crippen molar-refractivity contribution in [2.45, 2.75) is 50.7 Å². The van der Waals surface area contributed by atoms with Gasteiger partial charge < -0.3 is 25.6 Å². The number of ether oxygens (including phenoxy) is 1. The molecule has 0 fully saturated rings. The lowest BCUT2D eigenvalue weighted by Crippen LogP contribution is -2.31. The van der Waals surface area contributed by atoms with Gasteiger partial charge in [-0.1, -0.05) is 19.9 Å². The predicted octanol–water partition coefficient (Wildman–Crippen LogP) is 2.16. The minimum atomic E-state index is -3.96. The van der Waals surface area contributed by atoms with Gasteiger partial charge >= 0.3 is 0 Å². The first kappa shape index (κ1) is 26.3. The van der Waals surface area contributed by atoms with Crippen LogP contribution in [0.1, 0.15) is 37.1 Å². The van der Waals surface area contributed by atoms with Crippen LogP contribution in [0.25, 0.3) is 11.1 Å². The summed E-state index contributed by atoms with van der Waals surface area (Å²) in [7, 11) is -3.96. The normalized spacial score (nSPS) is 17.6. The van der Waals surface area contributed by atoms with E-state index in [0.29, 0.717) is 25.3 Å². The van der Waals surface area contributed by atoms with Crippen molar-refractivity contribution >= 4 is 21.5 Å². The lowest BCUT2D eigenvalue weighted by molar-refractivity contribution is 0.112. The molecule has 0 amide bonds. The van der Waals surface area contributed by atoms with E-state index in [9.17, 15) is 13.5 Å². The van der Waals surface area contributed by atoms with Gasteiger partial charge in [-0.05, 0) is 48.4 Å². The highest BCUT2D eigenvalue weighted by molar-refractivity contribution is 7.91. The quantitative estimate of drug-likeness (QED) is 0.425. The number of nitrogens with two attached hydrogens (primary N) is 1. The van der Waals surface area contributed by atoms with Crippen molar-refractivity contribution in [3.63, 3.8) is 0 Å². The van der Waals surface area contributed by atoms with Crippen LogP contribution in [0.15, 0.2) is 41.7 Å². The second kappa shape index (κ2) is 10.1. The summed E-state index contributed by atoms with van der Waals surface area (Å²) >= 11 is 0. The van der Waals surface area contributed by atoms with Gasteiger partial charge in [-0.3, -0.25) is 0 Å². The highest BCUT2D eigenvalue weighted by Crippen LogP contribution is 2.39. The van der Waals surface area contributed by atoms with Crippen LogP contribution in [0, 0.1) is 5.41 Å². The van der Waals surface area contributed by atoms with E-state index in [1.165, 1.54) is 17.8 Å². The summed E-state index contributed by atoms with van der Waals surface area (Å²) in [4.78, 5) is 15.4. The number of aliphatic hydroxyl groups excluding tert-OH is 2. The van der Waals surface area contributed by atoms with E-state index < -0.39 is 28.3 Å². The lowest BCUT2D eigenvalue weighted by Gasteiger charge is -2.33. The molecule has 3 aromatic rings. The molecule has 38 heavy (non-hydrogen) atoms. The molecule has 1 aliphatic carbocycles. The van der Waals surface area contributed by atoms with Gasteiger partial charge in [0.05, 0.1) is 25.0 Å². The summed E-state index contributed by atoms with van der Waals surface area (Å²) in [6.07, 6.45) is 4.72. The number of sulfone groups is 1. The Bertz CT molecular complexity index is 1460. The molecule has 10 nitrogen and oxygen atoms in total. The van der Waals surface area contributed by atoms with Gasteiger partial charge in [0.25, 0.3) is 0 Å². The molecule has 0 saturated heterocycles. The minimum absolute atomic E-state index is 0.153. The monoisotopic (exact) mass is 539 g/mol. The fraction of sp³-hybridized carbons (Fsp3) is 0.444. The van der Waals surface area contributed by atoms with E-state index in [2.05, 4.69) is 33.7 Å². The van der Waals surface area contributed by atoms with Crippen molar-refractivity contribution in [1.82, 2.24) is 15.0 Å². The SMILES string of the molecule is CC1(C)CCc2ncnc(N3CCOc4ccc(-c5cnc(N)c(S(=O)(=O)CC(O)CO)c5)cc4C3)c2C1. The molecule has 3 heterocycles. The van der Waals surface area contributed by atoms with Crippen molar-refractivity contribution in [3.05, 3.63) is 53.6 Å². The van der Waals surface area contributed by atoms with Crippen molar-refractivity contribution < 1.29 is 23.4 Å². The summed E-state index contributed by atoms with van der Waals surface area (Å²) in [5.41, 5.74) is 10.7. The van der Waals surface area contributed by atoms with E-state index in [1.807, 2.05) is 18.2 Å². The maximum absolute atomic E-state index is 12.8. The molecule has 0 saturated carbocycles. The van der Waals surface area contributed by atoms with Crippen LogP contribution in [0.4, 0.5) is 11.6 Å². The van der Waals surface area contributed by atoms with Crippen molar-refractivity contribution in [2.75, 3.05) is 36.1 Å². The maximum atomic E-state index is 12.8. The molecule has 4 N–H and O–H groups in total. The van der Waals surface area contributed by atoms with Crippen LogP contribution in [0.3, 0.4) is 0 Å². The number of nitrogen functional groups attached to an aromatic ring is 1. The van der Waals surface area contributed by atoms with Crippen molar-refractivity contribution in [1.29, 1.82) is 0 Å². The number of hydrogen-bond acceptors (Lipinski definition) is 10. The van der Waals surface area contributed by atoms with Gasteiger partial charge in [0.2, 0.25) is 0 Å². The van der Waals surface area contributed by atoms with Gasteiger partial charge in [-0.25, -0.2) is 23.4 Å². The van der Waals surface area contributed by atoms with Gasteiger partial charge in [0, 0.05) is 35.1 Å². The van der Waals surface area contributed by atoms with Crippen LogP contribution < -0.4 is 15.4 Å². The maximum Gasteiger partial charge on any atom is 0.184 e. The Hall–Kier alpha value is -3.28. The lowest BCUT2D eigenvalue weighted by atomic mass is 9.76. The highest BCUT2D eigenvalue weighted by Gasteiger charge is 2.31. The zero-order valence-electron chi connectivity index (χ0n) is 21.6. The number of anilines is 2. The van der Waals surface area contributed by atoms with Crippen LogP contribution in [0.5, 0.6) is 5.75 Å². The van der Waals surface area contributed by atoms with Gasteiger partial charge in [0.1, 0.15) is 35.2 Å². The first-order valence-electron chi connectivity index (χ1n) is 12.7. The number of aromatic nitrogens is 3. The fourth-order valence-corrected chi connectivity index (χ4v) is 6.61. The Morgan fingerprint density at radius 1 is 1.18 bits per heavy atom. The van der Waals surface area contributed by atoms with Crippen molar-refractivity contribution in [2.24, 2.45) is 5.41 Å². The molecule has 2 aliphatic rings. The Morgan fingerprint density at radius 2 is 2.00 bits per heavy atom. The summed E-state index contributed by atoms with van der Waals surface area (Å²) in [5, 5.41) is 18.8. The number of rotatable bonds is 6. The average molecular weight is 540 g/mol. The number of hydrogen-bond donors (Lipinski definition) is 3. The van der Waals surface area contributed by atoms with Crippen LogP contribution in [0.2, 0.25) is 0 Å². The first-order valence-corrected chi connectivity index (χ1v) is 14.3. The van der Waals surface area contributed by atoms with E-state index in [1.54, 1.807) is 6.33 Å². The first-order chi connectivity index (χ1) is 18.1. The molecular formula is C27H33N5O5S. The number of aryl methyl sites for hydroxylation is 1. The number of fused-ring (bicyclic) bond motifs is 2. The topological polar surface area (TPSA) is 152 Å². The second-order valence-corrected chi connectivity index (χ2v) is 12.8. The molecule has 1 unspecified atom stereocenters. The molecule has 5 rings (SSSR count). The standard InChI is InChI=1S/C27H33N5O5S/c1-27(2)6-5-22-21(11-27)26(31-16-30-22)32-7-8-37-23-4-3-17(9-19(23)13-32)18-10-24(25(28)29-12-18)38(35,36)15-20(34)14-33/h3-4,9-10,12,16,20,33-34H,5-8,11,13-15H2,1-2H3,(H2,28,29). The smallest absolute Gasteiger partial charge is 0.184 e. The van der Waals surface area contributed by atoms with E-state index in [4.69, 9.17) is 15.6 Å². The number of pyridine rings is 1. The Kier molecular flexibility index (Phi) is 7.01. The molecule has 0 bridgehead atoms. The third kappa shape index (κ3) is 5.31. The third-order valence-electron chi connectivity index (χ3n) is 7.22. The number of nitrogens with zero attached hydrogens (tertiary/aromatic N) is 4. The van der Waals surface area contributed by atoms with Crippen LogP contribution in [-0.2, 0) is 29.2 Å². The molecule has 0 spiro atoms. The molecule has 2 aromatic heterocycles. The molecule has 1 atom stereocenters. The van der Waals surface area contributed by atoms with Gasteiger partial charge in [-0.15, -0.1) is 0 Å². The number of benzene rings is 1. The fourth-order valence-electron chi connectivity index (χ4n) is 5.14.